The first kappa shape index (κ1) is 18.8. The van der Waals surface area contributed by atoms with Gasteiger partial charge >= 0.3 is 0 Å². The number of amides is 2. The van der Waals surface area contributed by atoms with E-state index >= 15 is 0 Å². The molecule has 0 fully saturated rings. The third kappa shape index (κ3) is 4.98. The predicted molar refractivity (Wildman–Crippen MR) is 101 cm³/mol. The summed E-state index contributed by atoms with van der Waals surface area (Å²) in [5.74, 6) is -0.224. The van der Waals surface area contributed by atoms with Gasteiger partial charge in [-0.2, -0.15) is 0 Å². The highest BCUT2D eigenvalue weighted by Gasteiger charge is 2.10. The van der Waals surface area contributed by atoms with Crippen molar-refractivity contribution in [3.63, 3.8) is 0 Å². The molecule has 0 saturated carbocycles. The summed E-state index contributed by atoms with van der Waals surface area (Å²) in [5, 5.41) is 6.19. The topological polar surface area (TPSA) is 67.4 Å². The maximum atomic E-state index is 12.1. The molecule has 2 rings (SSSR count). The fourth-order valence-corrected chi connectivity index (χ4v) is 2.53. The van der Waals surface area contributed by atoms with Gasteiger partial charge in [-0.1, -0.05) is 29.3 Å². The second-order valence-corrected chi connectivity index (χ2v) is 5.83. The summed E-state index contributed by atoms with van der Waals surface area (Å²) in [6.45, 7) is 0. The van der Waals surface area contributed by atoms with Gasteiger partial charge < -0.3 is 15.4 Å². The highest BCUT2D eigenvalue weighted by atomic mass is 35.5. The molecule has 2 aromatic rings. The molecule has 5 nitrogen and oxygen atoms in total. The van der Waals surface area contributed by atoms with Crippen molar-refractivity contribution in [1.82, 2.24) is 5.32 Å². The lowest BCUT2D eigenvalue weighted by Gasteiger charge is -2.10. The lowest BCUT2D eigenvalue weighted by molar-refractivity contribution is -0.111. The molecule has 2 N–H and O–H groups in total. The molecule has 0 atom stereocenters. The van der Waals surface area contributed by atoms with Crippen molar-refractivity contribution in [1.29, 1.82) is 0 Å². The number of hydrogen-bond acceptors (Lipinski definition) is 3. The van der Waals surface area contributed by atoms with Gasteiger partial charge in [-0.15, -0.1) is 0 Å². The average Bonchev–Trinajstić information content (AvgIpc) is 2.60. The van der Waals surface area contributed by atoms with Crippen molar-refractivity contribution < 1.29 is 14.3 Å². The minimum Gasteiger partial charge on any atom is -0.495 e. The van der Waals surface area contributed by atoms with Crippen LogP contribution in [0.2, 0.25) is 10.0 Å². The summed E-state index contributed by atoms with van der Waals surface area (Å²) in [6, 6.07) is 9.75. The standard InChI is InChI=1S/C18H16Cl2N2O3/c1-21-18(24)12-4-7-15(16(9-12)25-2)22-17(23)8-5-11-3-6-13(19)10-14(11)20/h3-10H,1-2H3,(H,21,24)(H,22,23)/b8-5+. The van der Waals surface area contributed by atoms with Gasteiger partial charge in [0.25, 0.3) is 5.91 Å². The van der Waals surface area contributed by atoms with E-state index < -0.39 is 0 Å². The summed E-state index contributed by atoms with van der Waals surface area (Å²) in [6.07, 6.45) is 2.93. The highest BCUT2D eigenvalue weighted by Crippen LogP contribution is 2.26. The Bertz CT molecular complexity index is 835. The third-order valence-corrected chi connectivity index (χ3v) is 3.89. The van der Waals surface area contributed by atoms with Crippen LogP contribution in [0.15, 0.2) is 42.5 Å². The molecule has 2 aromatic carbocycles. The number of methoxy groups -OCH3 is 1. The molecular weight excluding hydrogens is 363 g/mol. The Morgan fingerprint density at radius 3 is 2.52 bits per heavy atom. The van der Waals surface area contributed by atoms with Crippen LogP contribution in [0.3, 0.4) is 0 Å². The average molecular weight is 379 g/mol. The minimum absolute atomic E-state index is 0.242. The molecular formula is C18H16Cl2N2O3. The van der Waals surface area contributed by atoms with Crippen LogP contribution in [0.4, 0.5) is 5.69 Å². The lowest BCUT2D eigenvalue weighted by atomic mass is 10.1. The first-order valence-corrected chi connectivity index (χ1v) is 8.04. The van der Waals surface area contributed by atoms with Gasteiger partial charge in [0, 0.05) is 28.7 Å². The Labute approximate surface area is 155 Å². The van der Waals surface area contributed by atoms with E-state index in [1.165, 1.54) is 20.2 Å². The molecule has 130 valence electrons. The molecule has 0 aliphatic carbocycles. The number of carbonyl (C=O) groups is 2. The Kier molecular flexibility index (Phi) is 6.44. The molecule has 0 aliphatic rings. The molecule has 7 heteroatoms. The maximum absolute atomic E-state index is 12.1. The van der Waals surface area contributed by atoms with Crippen LogP contribution in [0, 0.1) is 0 Å². The summed E-state index contributed by atoms with van der Waals surface area (Å²) in [7, 11) is 3.00. The predicted octanol–water partition coefficient (Wildman–Crippen LogP) is 4.01. The molecule has 0 spiro atoms. The zero-order valence-electron chi connectivity index (χ0n) is 13.6. The third-order valence-electron chi connectivity index (χ3n) is 3.33. The fourth-order valence-electron chi connectivity index (χ4n) is 2.06. The van der Waals surface area contributed by atoms with Crippen molar-refractivity contribution in [2.75, 3.05) is 19.5 Å². The van der Waals surface area contributed by atoms with Gasteiger partial charge in [0.05, 0.1) is 12.8 Å². The second-order valence-electron chi connectivity index (χ2n) is 4.98. The number of benzene rings is 2. The van der Waals surface area contributed by atoms with E-state index in [2.05, 4.69) is 10.6 Å². The monoisotopic (exact) mass is 378 g/mol. The number of carbonyl (C=O) groups excluding carboxylic acids is 2. The van der Waals surface area contributed by atoms with Crippen molar-refractivity contribution in [3.05, 3.63) is 63.6 Å². The first-order valence-electron chi connectivity index (χ1n) is 7.29. The van der Waals surface area contributed by atoms with Crippen LogP contribution < -0.4 is 15.4 Å². The number of ether oxygens (including phenoxy) is 1. The SMILES string of the molecule is CNC(=O)c1ccc(NC(=O)/C=C/c2ccc(Cl)cc2Cl)c(OC)c1. The fraction of sp³-hybridized carbons (Fsp3) is 0.111. The minimum atomic E-state index is -0.364. The number of hydrogen-bond donors (Lipinski definition) is 2. The Morgan fingerprint density at radius 1 is 1.12 bits per heavy atom. The molecule has 0 heterocycles. The number of anilines is 1. The Hall–Kier alpha value is -2.50. The van der Waals surface area contributed by atoms with Crippen LogP contribution >= 0.6 is 23.2 Å². The Morgan fingerprint density at radius 2 is 1.88 bits per heavy atom. The van der Waals surface area contributed by atoms with Gasteiger partial charge in [-0.25, -0.2) is 0 Å². The summed E-state index contributed by atoms with van der Waals surface area (Å²) >= 11 is 11.9. The molecule has 2 amide bonds. The Balaban J connectivity index is 2.14. The molecule has 25 heavy (non-hydrogen) atoms. The highest BCUT2D eigenvalue weighted by molar-refractivity contribution is 6.35. The molecule has 0 bridgehead atoms. The van der Waals surface area contributed by atoms with E-state index in [-0.39, 0.29) is 11.8 Å². The van der Waals surface area contributed by atoms with Crippen LogP contribution in [0.5, 0.6) is 5.75 Å². The number of nitrogens with one attached hydrogen (secondary N) is 2. The van der Waals surface area contributed by atoms with E-state index in [0.717, 1.165) is 0 Å². The van der Waals surface area contributed by atoms with E-state index in [0.29, 0.717) is 32.6 Å². The van der Waals surface area contributed by atoms with Crippen molar-refractivity contribution in [3.8, 4) is 5.75 Å². The first-order chi connectivity index (χ1) is 11.9. The van der Waals surface area contributed by atoms with E-state index in [1.54, 1.807) is 42.5 Å². The van der Waals surface area contributed by atoms with E-state index in [9.17, 15) is 9.59 Å². The zero-order chi connectivity index (χ0) is 18.4. The van der Waals surface area contributed by atoms with E-state index in [1.807, 2.05) is 0 Å². The van der Waals surface area contributed by atoms with Gasteiger partial charge in [0.1, 0.15) is 5.75 Å². The largest absolute Gasteiger partial charge is 0.495 e. The number of rotatable bonds is 5. The van der Waals surface area contributed by atoms with Crippen molar-refractivity contribution in [2.45, 2.75) is 0 Å². The van der Waals surface area contributed by atoms with Crippen LogP contribution in [-0.4, -0.2) is 26.0 Å². The van der Waals surface area contributed by atoms with Gasteiger partial charge in [0.2, 0.25) is 5.91 Å². The molecule has 0 saturated heterocycles. The summed E-state index contributed by atoms with van der Waals surface area (Å²) < 4.78 is 5.22. The maximum Gasteiger partial charge on any atom is 0.251 e. The zero-order valence-corrected chi connectivity index (χ0v) is 15.1. The smallest absolute Gasteiger partial charge is 0.251 e. The van der Waals surface area contributed by atoms with Crippen LogP contribution in [0.25, 0.3) is 6.08 Å². The van der Waals surface area contributed by atoms with Crippen LogP contribution in [-0.2, 0) is 4.79 Å². The lowest BCUT2D eigenvalue weighted by Crippen LogP contribution is -2.18. The molecule has 0 aliphatic heterocycles. The summed E-state index contributed by atoms with van der Waals surface area (Å²) in [4.78, 5) is 23.7. The molecule has 0 aromatic heterocycles. The van der Waals surface area contributed by atoms with Crippen molar-refractivity contribution in [2.24, 2.45) is 0 Å². The molecule has 0 radical (unpaired) electrons. The van der Waals surface area contributed by atoms with Gasteiger partial charge in [-0.3, -0.25) is 9.59 Å². The van der Waals surface area contributed by atoms with Gasteiger partial charge in [-0.05, 0) is 42.0 Å². The second kappa shape index (κ2) is 8.55. The quantitative estimate of drug-likeness (QED) is 0.772. The summed E-state index contributed by atoms with van der Waals surface area (Å²) in [5.41, 5.74) is 1.55. The van der Waals surface area contributed by atoms with Crippen LogP contribution in [0.1, 0.15) is 15.9 Å². The molecule has 0 unspecified atom stereocenters. The van der Waals surface area contributed by atoms with Gasteiger partial charge in [0.15, 0.2) is 0 Å². The number of halogens is 2. The normalized spacial score (nSPS) is 10.6. The van der Waals surface area contributed by atoms with Crippen molar-refractivity contribution >= 4 is 46.8 Å². The van der Waals surface area contributed by atoms with E-state index in [4.69, 9.17) is 27.9 Å².